The molecule has 0 saturated heterocycles. The molecule has 1 aromatic carbocycles. The molecule has 0 bridgehead atoms. The molecule has 1 atom stereocenters. The van der Waals surface area contributed by atoms with E-state index in [9.17, 15) is 13.2 Å². The number of aryl methyl sites for hydroxylation is 1. The second kappa shape index (κ2) is 8.43. The number of benzene rings is 1. The van der Waals surface area contributed by atoms with Gasteiger partial charge in [0.2, 0.25) is 10.0 Å². The standard InChI is InChI=1S/C18H24N4O3S.ClH/c1-21(2)18(23)17-10-14(12-22(17)3)26(24,25)20-11-16-15-7-5-4-6-13(15)8-9-19-16;/h4-7,10,12,16,19-20H,8-9,11H2,1-3H3;1H. The molecule has 0 saturated carbocycles. The molecule has 0 fully saturated rings. The third-order valence-corrected chi connectivity index (χ3v) is 6.00. The highest BCUT2D eigenvalue weighted by molar-refractivity contribution is 7.89. The minimum atomic E-state index is -3.70. The minimum Gasteiger partial charge on any atom is -0.345 e. The van der Waals surface area contributed by atoms with Crippen molar-refractivity contribution in [1.29, 1.82) is 0 Å². The zero-order valence-electron chi connectivity index (χ0n) is 15.6. The Hall–Kier alpha value is -1.87. The Bertz CT molecular complexity index is 924. The highest BCUT2D eigenvalue weighted by Crippen LogP contribution is 2.23. The second-order valence-electron chi connectivity index (χ2n) is 6.68. The molecule has 0 spiro atoms. The smallest absolute Gasteiger partial charge is 0.269 e. The number of hydrogen-bond donors (Lipinski definition) is 2. The van der Waals surface area contributed by atoms with Crippen molar-refractivity contribution in [3.05, 3.63) is 53.3 Å². The zero-order valence-corrected chi connectivity index (χ0v) is 17.2. The maximum atomic E-state index is 12.7. The third kappa shape index (κ3) is 4.52. The molecule has 148 valence electrons. The molecule has 9 heteroatoms. The molecule has 7 nitrogen and oxygen atoms in total. The summed E-state index contributed by atoms with van der Waals surface area (Å²) in [4.78, 5) is 13.6. The number of halogens is 1. The molecule has 1 aromatic heterocycles. The third-order valence-electron chi connectivity index (χ3n) is 4.61. The van der Waals surface area contributed by atoms with Crippen molar-refractivity contribution in [1.82, 2.24) is 19.5 Å². The molecule has 1 amide bonds. The maximum absolute atomic E-state index is 12.7. The van der Waals surface area contributed by atoms with Crippen LogP contribution in [0.5, 0.6) is 0 Å². The number of hydrogen-bond acceptors (Lipinski definition) is 4. The fourth-order valence-electron chi connectivity index (χ4n) is 3.17. The molecule has 1 aliphatic rings. The van der Waals surface area contributed by atoms with Gasteiger partial charge < -0.3 is 14.8 Å². The first kappa shape index (κ1) is 21.4. The van der Waals surface area contributed by atoms with Crippen LogP contribution in [0.15, 0.2) is 41.4 Å². The number of sulfonamides is 1. The predicted octanol–water partition coefficient (Wildman–Crippen LogP) is 1.31. The van der Waals surface area contributed by atoms with Gasteiger partial charge in [0.25, 0.3) is 5.91 Å². The van der Waals surface area contributed by atoms with Crippen LogP contribution >= 0.6 is 12.4 Å². The highest BCUT2D eigenvalue weighted by atomic mass is 35.5. The topological polar surface area (TPSA) is 83.4 Å². The Kier molecular flexibility index (Phi) is 6.69. The highest BCUT2D eigenvalue weighted by Gasteiger charge is 2.24. The van der Waals surface area contributed by atoms with E-state index in [4.69, 9.17) is 0 Å². The Morgan fingerprint density at radius 1 is 1.33 bits per heavy atom. The van der Waals surface area contributed by atoms with Gasteiger partial charge in [-0.15, -0.1) is 12.4 Å². The van der Waals surface area contributed by atoms with Gasteiger partial charge in [0.05, 0.1) is 0 Å². The zero-order chi connectivity index (χ0) is 18.9. The van der Waals surface area contributed by atoms with Crippen molar-refractivity contribution < 1.29 is 13.2 Å². The summed E-state index contributed by atoms with van der Waals surface area (Å²) in [6, 6.07) is 9.40. The second-order valence-corrected chi connectivity index (χ2v) is 8.45. The van der Waals surface area contributed by atoms with Gasteiger partial charge in [0.1, 0.15) is 10.6 Å². The van der Waals surface area contributed by atoms with Gasteiger partial charge in [-0.05, 0) is 30.2 Å². The average molecular weight is 413 g/mol. The molecule has 27 heavy (non-hydrogen) atoms. The van der Waals surface area contributed by atoms with Gasteiger partial charge in [0.15, 0.2) is 0 Å². The van der Waals surface area contributed by atoms with Crippen molar-refractivity contribution in [2.45, 2.75) is 17.4 Å². The van der Waals surface area contributed by atoms with Gasteiger partial charge >= 0.3 is 0 Å². The normalized spacial score (nSPS) is 16.3. The van der Waals surface area contributed by atoms with E-state index in [1.165, 1.54) is 27.3 Å². The number of aromatic nitrogens is 1. The summed E-state index contributed by atoms with van der Waals surface area (Å²) >= 11 is 0. The number of amides is 1. The van der Waals surface area contributed by atoms with E-state index in [0.29, 0.717) is 5.69 Å². The van der Waals surface area contributed by atoms with Crippen molar-refractivity contribution in [3.8, 4) is 0 Å². The van der Waals surface area contributed by atoms with E-state index in [-0.39, 0.29) is 35.8 Å². The maximum Gasteiger partial charge on any atom is 0.269 e. The lowest BCUT2D eigenvalue weighted by Gasteiger charge is -2.27. The van der Waals surface area contributed by atoms with Gasteiger partial charge in [-0.25, -0.2) is 13.1 Å². The molecule has 2 aromatic rings. The molecule has 0 aliphatic carbocycles. The number of rotatable bonds is 5. The Labute approximate surface area is 166 Å². The van der Waals surface area contributed by atoms with Crippen molar-refractivity contribution in [2.24, 2.45) is 7.05 Å². The molecule has 0 radical (unpaired) electrons. The first-order chi connectivity index (χ1) is 12.3. The van der Waals surface area contributed by atoms with Crippen LogP contribution in [0.25, 0.3) is 0 Å². The largest absolute Gasteiger partial charge is 0.345 e. The number of fused-ring (bicyclic) bond motifs is 1. The fraction of sp³-hybridized carbons (Fsp3) is 0.389. The van der Waals surface area contributed by atoms with E-state index in [0.717, 1.165) is 18.5 Å². The van der Waals surface area contributed by atoms with E-state index >= 15 is 0 Å². The molecular formula is C18H25ClN4O3S. The summed E-state index contributed by atoms with van der Waals surface area (Å²) in [5, 5.41) is 3.36. The lowest BCUT2D eigenvalue weighted by Crippen LogP contribution is -2.38. The molecule has 2 heterocycles. The number of nitrogens with zero attached hydrogens (tertiary/aromatic N) is 2. The first-order valence-electron chi connectivity index (χ1n) is 8.48. The van der Waals surface area contributed by atoms with E-state index < -0.39 is 10.0 Å². The fourth-order valence-corrected chi connectivity index (χ4v) is 4.29. The Morgan fingerprint density at radius 3 is 2.74 bits per heavy atom. The predicted molar refractivity (Wildman–Crippen MR) is 107 cm³/mol. The first-order valence-corrected chi connectivity index (χ1v) is 9.97. The summed E-state index contributed by atoms with van der Waals surface area (Å²) in [6.45, 7) is 1.07. The quantitative estimate of drug-likeness (QED) is 0.775. The van der Waals surface area contributed by atoms with Crippen LogP contribution in [-0.2, 0) is 23.5 Å². The summed E-state index contributed by atoms with van der Waals surface area (Å²) in [5.74, 6) is -0.239. The molecule has 2 N–H and O–H groups in total. The number of carbonyl (C=O) groups excluding carboxylic acids is 1. The van der Waals surface area contributed by atoms with Gasteiger partial charge in [-0.3, -0.25) is 4.79 Å². The van der Waals surface area contributed by atoms with Crippen LogP contribution in [0, 0.1) is 0 Å². The summed E-state index contributed by atoms with van der Waals surface area (Å²) in [5.41, 5.74) is 2.70. The van der Waals surface area contributed by atoms with Crippen molar-refractivity contribution in [3.63, 3.8) is 0 Å². The van der Waals surface area contributed by atoms with Crippen LogP contribution in [0.3, 0.4) is 0 Å². The lowest BCUT2D eigenvalue weighted by molar-refractivity contribution is 0.0818. The number of nitrogens with one attached hydrogen (secondary N) is 2. The summed E-state index contributed by atoms with van der Waals surface area (Å²) < 4.78 is 29.5. The average Bonchev–Trinajstić information content (AvgIpc) is 3.01. The molecule has 1 aliphatic heterocycles. The van der Waals surface area contributed by atoms with Gasteiger partial charge in [-0.2, -0.15) is 0 Å². The molecule has 1 unspecified atom stereocenters. The van der Waals surface area contributed by atoms with Crippen LogP contribution < -0.4 is 10.0 Å². The van der Waals surface area contributed by atoms with E-state index in [1.807, 2.05) is 18.2 Å². The molecular weight excluding hydrogens is 388 g/mol. The SMILES string of the molecule is CN(C)C(=O)c1cc(S(=O)(=O)NCC2NCCc3ccccc32)cn1C.Cl. The van der Waals surface area contributed by atoms with E-state index in [1.54, 1.807) is 21.1 Å². The number of carbonyl (C=O) groups is 1. The van der Waals surface area contributed by atoms with E-state index in [2.05, 4.69) is 16.1 Å². The van der Waals surface area contributed by atoms with Crippen LogP contribution in [0.2, 0.25) is 0 Å². The summed E-state index contributed by atoms with van der Waals surface area (Å²) in [6.07, 6.45) is 2.40. The van der Waals surface area contributed by atoms with Crippen LogP contribution in [0.4, 0.5) is 0 Å². The van der Waals surface area contributed by atoms with Crippen molar-refractivity contribution in [2.75, 3.05) is 27.2 Å². The Morgan fingerprint density at radius 2 is 2.04 bits per heavy atom. The Balaban J connectivity index is 0.00000261. The molecule has 3 rings (SSSR count). The van der Waals surface area contributed by atoms with Gasteiger partial charge in [0, 0.05) is 39.9 Å². The van der Waals surface area contributed by atoms with Gasteiger partial charge in [-0.1, -0.05) is 24.3 Å². The summed E-state index contributed by atoms with van der Waals surface area (Å²) in [7, 11) is 1.22. The van der Waals surface area contributed by atoms with Crippen LogP contribution in [0.1, 0.15) is 27.7 Å². The monoisotopic (exact) mass is 412 g/mol. The minimum absolute atomic E-state index is 0. The van der Waals surface area contributed by atoms with Crippen LogP contribution in [-0.4, -0.2) is 51.0 Å². The lowest BCUT2D eigenvalue weighted by atomic mass is 9.95. The van der Waals surface area contributed by atoms with Crippen molar-refractivity contribution >= 4 is 28.3 Å².